The van der Waals surface area contributed by atoms with E-state index in [2.05, 4.69) is 82.4 Å². The average Bonchev–Trinajstić information content (AvgIpc) is 2.51. The van der Waals surface area contributed by atoms with Gasteiger partial charge in [0.05, 0.1) is 0 Å². The molecule has 0 aliphatic heterocycles. The lowest BCUT2D eigenvalue weighted by Gasteiger charge is -2.42. The Balaban J connectivity index is 1.84. The molecule has 0 bridgehead atoms. The Bertz CT molecular complexity index is 692. The Kier molecular flexibility index (Phi) is 4.00. The molecule has 1 N–H and O–H groups in total. The molecule has 0 aromatic heterocycles. The summed E-state index contributed by atoms with van der Waals surface area (Å²) < 4.78 is 0. The maximum absolute atomic E-state index is 3.54. The van der Waals surface area contributed by atoms with E-state index < -0.39 is 0 Å². The van der Waals surface area contributed by atoms with Gasteiger partial charge < -0.3 is 5.32 Å². The largest absolute Gasteiger partial charge is 0.381 e. The molecule has 1 aliphatic carbocycles. The van der Waals surface area contributed by atoms with Gasteiger partial charge >= 0.3 is 0 Å². The van der Waals surface area contributed by atoms with E-state index in [9.17, 15) is 0 Å². The number of anilines is 1. The van der Waals surface area contributed by atoms with Gasteiger partial charge in [-0.2, -0.15) is 0 Å². The van der Waals surface area contributed by atoms with Crippen molar-refractivity contribution < 1.29 is 0 Å². The van der Waals surface area contributed by atoms with Gasteiger partial charge in [0.15, 0.2) is 0 Å². The van der Waals surface area contributed by atoms with Crippen LogP contribution in [0.1, 0.15) is 62.8 Å². The monoisotopic (exact) mass is 307 g/mol. The second-order valence-corrected chi connectivity index (χ2v) is 8.37. The molecule has 0 fully saturated rings. The molecule has 1 nitrogen and oxygen atoms in total. The van der Waals surface area contributed by atoms with Crippen molar-refractivity contribution in [1.29, 1.82) is 0 Å². The topological polar surface area (TPSA) is 12.0 Å². The van der Waals surface area contributed by atoms with E-state index in [1.807, 2.05) is 0 Å². The van der Waals surface area contributed by atoms with Gasteiger partial charge in [0.2, 0.25) is 0 Å². The van der Waals surface area contributed by atoms with Gasteiger partial charge in [-0.15, -0.1) is 0 Å². The summed E-state index contributed by atoms with van der Waals surface area (Å²) in [5.74, 6) is 0. The van der Waals surface area contributed by atoms with Crippen molar-refractivity contribution in [3.05, 3.63) is 64.7 Å². The number of fused-ring (bicyclic) bond motifs is 1. The van der Waals surface area contributed by atoms with Crippen LogP contribution in [0.3, 0.4) is 0 Å². The van der Waals surface area contributed by atoms with Gasteiger partial charge in [-0.1, -0.05) is 63.6 Å². The minimum Gasteiger partial charge on any atom is -0.381 e. The molecule has 0 atom stereocenters. The van der Waals surface area contributed by atoms with Crippen molar-refractivity contribution in [3.63, 3.8) is 0 Å². The summed E-state index contributed by atoms with van der Waals surface area (Å²) >= 11 is 0. The number of rotatable bonds is 3. The molecule has 1 heteroatoms. The number of hydrogen-bond donors (Lipinski definition) is 1. The van der Waals surface area contributed by atoms with Gasteiger partial charge in [-0.25, -0.2) is 0 Å². The zero-order chi connectivity index (χ0) is 16.7. The third-order valence-electron chi connectivity index (χ3n) is 5.47. The quantitative estimate of drug-likeness (QED) is 0.738. The molecule has 0 amide bonds. The van der Waals surface area contributed by atoms with Gasteiger partial charge in [0, 0.05) is 12.2 Å². The number of aryl methyl sites for hydroxylation is 1. The summed E-state index contributed by atoms with van der Waals surface area (Å²) in [6.07, 6.45) is 2.54. The van der Waals surface area contributed by atoms with Crippen molar-refractivity contribution in [2.75, 3.05) is 5.32 Å². The first-order valence-electron chi connectivity index (χ1n) is 8.72. The van der Waals surface area contributed by atoms with Gasteiger partial charge in [0.25, 0.3) is 0 Å². The first kappa shape index (κ1) is 16.1. The Morgan fingerprint density at radius 1 is 0.826 bits per heavy atom. The lowest BCUT2D eigenvalue weighted by Crippen LogP contribution is -2.33. The molecule has 1 aliphatic rings. The molecule has 2 aromatic carbocycles. The molecule has 0 saturated heterocycles. The Labute approximate surface area is 141 Å². The number of hydrogen-bond acceptors (Lipinski definition) is 1. The van der Waals surface area contributed by atoms with Crippen LogP contribution in [0.25, 0.3) is 0 Å². The summed E-state index contributed by atoms with van der Waals surface area (Å²) in [5.41, 5.74) is 7.51. The van der Waals surface area contributed by atoms with Crippen LogP contribution in [-0.2, 0) is 17.4 Å². The van der Waals surface area contributed by atoms with Crippen LogP contribution in [0.5, 0.6) is 0 Å². The van der Waals surface area contributed by atoms with Crippen molar-refractivity contribution in [1.82, 2.24) is 0 Å². The number of benzene rings is 2. The summed E-state index contributed by atoms with van der Waals surface area (Å²) in [5, 5.41) is 3.54. The highest BCUT2D eigenvalue weighted by atomic mass is 14.9. The van der Waals surface area contributed by atoms with E-state index in [1.165, 1.54) is 40.8 Å². The smallest absolute Gasteiger partial charge is 0.0400 e. The lowest BCUT2D eigenvalue weighted by atomic mass is 9.63. The minimum atomic E-state index is 0.282. The highest BCUT2D eigenvalue weighted by molar-refractivity contribution is 5.47. The van der Waals surface area contributed by atoms with Crippen LogP contribution in [0, 0.1) is 6.92 Å². The molecule has 0 unspecified atom stereocenters. The zero-order valence-corrected chi connectivity index (χ0v) is 15.2. The molecule has 2 aromatic rings. The molecular weight excluding hydrogens is 278 g/mol. The maximum atomic E-state index is 3.54. The fourth-order valence-corrected chi connectivity index (χ4v) is 3.62. The highest BCUT2D eigenvalue weighted by Crippen LogP contribution is 2.45. The second kappa shape index (κ2) is 5.70. The van der Waals surface area contributed by atoms with Gasteiger partial charge in [-0.05, 0) is 59.4 Å². The van der Waals surface area contributed by atoms with E-state index in [-0.39, 0.29) is 5.41 Å². The normalized spacial score (nSPS) is 18.3. The van der Waals surface area contributed by atoms with Crippen LogP contribution in [0.15, 0.2) is 42.5 Å². The average molecular weight is 307 g/mol. The van der Waals surface area contributed by atoms with Crippen molar-refractivity contribution in [2.24, 2.45) is 0 Å². The van der Waals surface area contributed by atoms with Crippen molar-refractivity contribution in [2.45, 2.75) is 64.8 Å². The molecule has 122 valence electrons. The molecule has 0 spiro atoms. The summed E-state index contributed by atoms with van der Waals surface area (Å²) in [4.78, 5) is 0. The van der Waals surface area contributed by atoms with Crippen LogP contribution in [-0.4, -0.2) is 0 Å². The highest BCUT2D eigenvalue weighted by Gasteiger charge is 2.36. The van der Waals surface area contributed by atoms with E-state index in [0.29, 0.717) is 5.41 Å². The van der Waals surface area contributed by atoms with E-state index in [0.717, 1.165) is 6.54 Å². The minimum absolute atomic E-state index is 0.282. The van der Waals surface area contributed by atoms with Gasteiger partial charge in [0.1, 0.15) is 0 Å². The van der Waals surface area contributed by atoms with Crippen LogP contribution >= 0.6 is 0 Å². The van der Waals surface area contributed by atoms with Crippen molar-refractivity contribution in [3.8, 4) is 0 Å². The maximum Gasteiger partial charge on any atom is 0.0400 e. The summed E-state index contributed by atoms with van der Waals surface area (Å²) in [6, 6.07) is 15.7. The predicted molar refractivity (Wildman–Crippen MR) is 100 cm³/mol. The molecule has 0 heterocycles. The summed E-state index contributed by atoms with van der Waals surface area (Å²) in [6.45, 7) is 12.5. The van der Waals surface area contributed by atoms with E-state index >= 15 is 0 Å². The molecule has 0 saturated carbocycles. The fraction of sp³-hybridized carbons (Fsp3) is 0.455. The SMILES string of the molecule is Cc1ccc(NCc2ccc3c(c2)C(C)(C)CCC3(C)C)cc1. The van der Waals surface area contributed by atoms with Gasteiger partial charge in [-0.3, -0.25) is 0 Å². The Hall–Kier alpha value is -1.76. The first-order chi connectivity index (χ1) is 10.8. The Morgan fingerprint density at radius 2 is 1.43 bits per heavy atom. The van der Waals surface area contributed by atoms with Crippen LogP contribution in [0.4, 0.5) is 5.69 Å². The number of nitrogens with one attached hydrogen (secondary N) is 1. The summed E-state index contributed by atoms with van der Waals surface area (Å²) in [7, 11) is 0. The zero-order valence-electron chi connectivity index (χ0n) is 15.2. The van der Waals surface area contributed by atoms with E-state index in [1.54, 1.807) is 0 Å². The first-order valence-corrected chi connectivity index (χ1v) is 8.72. The predicted octanol–water partition coefficient (Wildman–Crippen LogP) is 5.96. The van der Waals surface area contributed by atoms with E-state index in [4.69, 9.17) is 0 Å². The van der Waals surface area contributed by atoms with Crippen LogP contribution < -0.4 is 5.32 Å². The molecular formula is C22H29N. The van der Waals surface area contributed by atoms with Crippen molar-refractivity contribution >= 4 is 5.69 Å². The molecule has 23 heavy (non-hydrogen) atoms. The molecule has 0 radical (unpaired) electrons. The third kappa shape index (κ3) is 3.29. The fourth-order valence-electron chi connectivity index (χ4n) is 3.62. The molecule has 3 rings (SSSR count). The second-order valence-electron chi connectivity index (χ2n) is 8.37. The standard InChI is InChI=1S/C22H29N/c1-16-6-9-18(10-7-16)23-15-17-8-11-19-20(14-17)22(4,5)13-12-21(19,2)3/h6-11,14,23H,12-13,15H2,1-5H3. The third-order valence-corrected chi connectivity index (χ3v) is 5.47. The van der Waals surface area contributed by atoms with Crippen LogP contribution in [0.2, 0.25) is 0 Å². The lowest BCUT2D eigenvalue weighted by molar-refractivity contribution is 0.331. The Morgan fingerprint density at radius 3 is 2.09 bits per heavy atom.